The number of aryl methyl sites for hydroxylation is 3. The van der Waals surface area contributed by atoms with Gasteiger partial charge in [0, 0.05) is 5.69 Å². The molecule has 6 heteroatoms. The molecule has 2 aromatic carbocycles. The topological polar surface area (TPSA) is 87.7 Å². The molecule has 0 aromatic heterocycles. The summed E-state index contributed by atoms with van der Waals surface area (Å²) in [6.45, 7) is 6.31. The van der Waals surface area contributed by atoms with Gasteiger partial charge < -0.3 is 20.5 Å². The molecule has 0 aliphatic rings. The number of ether oxygens (including phenoxy) is 1. The fourth-order valence-corrected chi connectivity index (χ4v) is 3.18. The van der Waals surface area contributed by atoms with Crippen LogP contribution in [0.4, 0.5) is 5.69 Å². The Hall–Kier alpha value is -2.86. The third kappa shape index (κ3) is 6.09. The van der Waals surface area contributed by atoms with Gasteiger partial charge in [-0.05, 0) is 62.6 Å². The van der Waals surface area contributed by atoms with Crippen molar-refractivity contribution >= 4 is 17.6 Å². The van der Waals surface area contributed by atoms with Crippen LogP contribution >= 0.6 is 0 Å². The van der Waals surface area contributed by atoms with Gasteiger partial charge in [0.15, 0.2) is 0 Å². The first kappa shape index (κ1) is 21.4. The van der Waals surface area contributed by atoms with Crippen molar-refractivity contribution in [2.75, 3.05) is 19.0 Å². The maximum atomic E-state index is 12.4. The van der Waals surface area contributed by atoms with Crippen molar-refractivity contribution in [2.24, 2.45) is 0 Å². The maximum Gasteiger partial charge on any atom is 0.321 e. The fourth-order valence-electron chi connectivity index (χ4n) is 3.18. The van der Waals surface area contributed by atoms with E-state index in [1.807, 2.05) is 57.2 Å². The van der Waals surface area contributed by atoms with Gasteiger partial charge in [-0.1, -0.05) is 29.8 Å². The molecule has 0 saturated heterocycles. The summed E-state index contributed by atoms with van der Waals surface area (Å²) in [5.41, 5.74) is 4.86. The normalized spacial score (nSPS) is 11.7. The standard InChI is InChI=1S/C22H28N2O4/c1-14-11-15(2)21(16(3)12-14)24-20(25)13-19(22(26)27)23-10-9-17-5-7-18(28-4)8-6-17/h5-8,11-12,19,23H,9-10,13H2,1-4H3,(H,24,25)(H,26,27). The molecule has 0 saturated carbocycles. The third-order valence-corrected chi connectivity index (χ3v) is 4.59. The molecule has 2 rings (SSSR count). The highest BCUT2D eigenvalue weighted by Crippen LogP contribution is 2.22. The first-order chi connectivity index (χ1) is 13.3. The summed E-state index contributed by atoms with van der Waals surface area (Å²) in [4.78, 5) is 23.9. The summed E-state index contributed by atoms with van der Waals surface area (Å²) in [7, 11) is 1.61. The quantitative estimate of drug-likeness (QED) is 0.618. The number of carbonyl (C=O) groups is 2. The monoisotopic (exact) mass is 384 g/mol. The first-order valence-corrected chi connectivity index (χ1v) is 9.27. The number of amides is 1. The first-order valence-electron chi connectivity index (χ1n) is 9.27. The third-order valence-electron chi connectivity index (χ3n) is 4.59. The van der Waals surface area contributed by atoms with E-state index < -0.39 is 12.0 Å². The zero-order valence-electron chi connectivity index (χ0n) is 16.8. The van der Waals surface area contributed by atoms with Crippen LogP contribution in [0.15, 0.2) is 36.4 Å². The Morgan fingerprint density at radius 1 is 1.07 bits per heavy atom. The number of carboxylic acid groups (broad SMARTS) is 1. The molecule has 6 nitrogen and oxygen atoms in total. The van der Waals surface area contributed by atoms with Crippen LogP contribution in [0, 0.1) is 20.8 Å². The SMILES string of the molecule is COc1ccc(CCNC(CC(=O)Nc2c(C)cc(C)cc2C)C(=O)O)cc1. The Kier molecular flexibility index (Phi) is 7.58. The van der Waals surface area contributed by atoms with Crippen LogP contribution in [0.2, 0.25) is 0 Å². The number of aliphatic carboxylic acids is 1. The van der Waals surface area contributed by atoms with Crippen molar-refractivity contribution in [1.82, 2.24) is 5.32 Å². The smallest absolute Gasteiger partial charge is 0.321 e. The van der Waals surface area contributed by atoms with Crippen molar-refractivity contribution in [3.8, 4) is 5.75 Å². The zero-order valence-corrected chi connectivity index (χ0v) is 16.8. The molecule has 0 spiro atoms. The zero-order chi connectivity index (χ0) is 20.7. The second kappa shape index (κ2) is 9.90. The van der Waals surface area contributed by atoms with E-state index in [0.29, 0.717) is 13.0 Å². The highest BCUT2D eigenvalue weighted by Gasteiger charge is 2.21. The van der Waals surface area contributed by atoms with E-state index in [0.717, 1.165) is 33.7 Å². The average Bonchev–Trinajstić information content (AvgIpc) is 2.64. The molecule has 0 heterocycles. The lowest BCUT2D eigenvalue weighted by atomic mass is 10.0. The number of methoxy groups -OCH3 is 1. The number of hydrogen-bond acceptors (Lipinski definition) is 4. The Morgan fingerprint density at radius 2 is 1.68 bits per heavy atom. The van der Waals surface area contributed by atoms with Gasteiger partial charge in [0.2, 0.25) is 5.91 Å². The molecule has 3 N–H and O–H groups in total. The van der Waals surface area contributed by atoms with Gasteiger partial charge in [0.05, 0.1) is 13.5 Å². The van der Waals surface area contributed by atoms with Crippen molar-refractivity contribution < 1.29 is 19.4 Å². The fraction of sp³-hybridized carbons (Fsp3) is 0.364. The molecule has 1 unspecified atom stereocenters. The van der Waals surface area contributed by atoms with Crippen molar-refractivity contribution in [3.63, 3.8) is 0 Å². The number of anilines is 1. The Balaban J connectivity index is 1.91. The minimum absolute atomic E-state index is 0.134. The van der Waals surface area contributed by atoms with Crippen LogP contribution in [0.3, 0.4) is 0 Å². The molecule has 0 bridgehead atoms. The van der Waals surface area contributed by atoms with Crippen LogP contribution in [0.1, 0.15) is 28.7 Å². The summed E-state index contributed by atoms with van der Waals surface area (Å²) in [5.74, 6) is -0.583. The summed E-state index contributed by atoms with van der Waals surface area (Å²) < 4.78 is 5.12. The molecule has 2 aromatic rings. The van der Waals surface area contributed by atoms with Gasteiger partial charge in [0.1, 0.15) is 11.8 Å². The number of rotatable bonds is 9. The lowest BCUT2D eigenvalue weighted by Crippen LogP contribution is -2.40. The van der Waals surface area contributed by atoms with Crippen LogP contribution in [0.25, 0.3) is 0 Å². The van der Waals surface area contributed by atoms with Crippen LogP contribution in [-0.2, 0) is 16.0 Å². The predicted molar refractivity (Wildman–Crippen MR) is 110 cm³/mol. The number of hydrogen-bond donors (Lipinski definition) is 3. The molecule has 150 valence electrons. The van der Waals surface area contributed by atoms with Crippen molar-refractivity contribution in [1.29, 1.82) is 0 Å². The summed E-state index contributed by atoms with van der Waals surface area (Å²) in [6.07, 6.45) is 0.524. The van der Waals surface area contributed by atoms with Crippen molar-refractivity contribution in [3.05, 3.63) is 58.7 Å². The van der Waals surface area contributed by atoms with E-state index in [4.69, 9.17) is 4.74 Å². The average molecular weight is 384 g/mol. The number of carbonyl (C=O) groups excluding carboxylic acids is 1. The van der Waals surface area contributed by atoms with Gasteiger partial charge in [-0.3, -0.25) is 9.59 Å². The minimum Gasteiger partial charge on any atom is -0.497 e. The van der Waals surface area contributed by atoms with Crippen LogP contribution in [-0.4, -0.2) is 36.7 Å². The Labute approximate surface area is 165 Å². The van der Waals surface area contributed by atoms with Gasteiger partial charge in [-0.25, -0.2) is 0 Å². The van der Waals surface area contributed by atoms with Crippen molar-refractivity contribution in [2.45, 2.75) is 39.7 Å². The van der Waals surface area contributed by atoms with Gasteiger partial charge in [0.25, 0.3) is 0 Å². The predicted octanol–water partition coefficient (Wildman–Crippen LogP) is 3.23. The van der Waals surface area contributed by atoms with Gasteiger partial charge in [-0.15, -0.1) is 0 Å². The second-order valence-corrected chi connectivity index (χ2v) is 6.97. The molecule has 28 heavy (non-hydrogen) atoms. The maximum absolute atomic E-state index is 12.4. The number of carboxylic acids is 1. The molecular weight excluding hydrogens is 356 g/mol. The molecule has 0 radical (unpaired) electrons. The van der Waals surface area contributed by atoms with E-state index in [1.54, 1.807) is 7.11 Å². The van der Waals surface area contributed by atoms with Gasteiger partial charge in [-0.2, -0.15) is 0 Å². The summed E-state index contributed by atoms with van der Waals surface area (Å²) in [6, 6.07) is 10.6. The number of nitrogens with one attached hydrogen (secondary N) is 2. The Bertz CT molecular complexity index is 808. The lowest BCUT2D eigenvalue weighted by Gasteiger charge is -2.17. The molecule has 1 atom stereocenters. The molecular formula is C22H28N2O4. The van der Waals surface area contributed by atoms with E-state index in [2.05, 4.69) is 10.6 Å². The molecule has 0 aliphatic heterocycles. The highest BCUT2D eigenvalue weighted by molar-refractivity contribution is 5.95. The van der Waals surface area contributed by atoms with Crippen LogP contribution in [0.5, 0.6) is 5.75 Å². The van der Waals surface area contributed by atoms with Crippen LogP contribution < -0.4 is 15.4 Å². The lowest BCUT2D eigenvalue weighted by molar-refractivity contribution is -0.141. The second-order valence-electron chi connectivity index (χ2n) is 6.97. The van der Waals surface area contributed by atoms with E-state index in [1.165, 1.54) is 0 Å². The van der Waals surface area contributed by atoms with Gasteiger partial charge >= 0.3 is 5.97 Å². The molecule has 1 amide bonds. The number of benzene rings is 2. The molecule has 0 aliphatic carbocycles. The largest absolute Gasteiger partial charge is 0.497 e. The summed E-state index contributed by atoms with van der Waals surface area (Å²) >= 11 is 0. The molecule has 0 fully saturated rings. The van der Waals surface area contributed by atoms with E-state index >= 15 is 0 Å². The summed E-state index contributed by atoms with van der Waals surface area (Å²) in [5, 5.41) is 15.3. The van der Waals surface area contributed by atoms with E-state index in [9.17, 15) is 14.7 Å². The minimum atomic E-state index is -1.04. The highest BCUT2D eigenvalue weighted by atomic mass is 16.5. The Morgan fingerprint density at radius 3 is 2.21 bits per heavy atom. The van der Waals surface area contributed by atoms with E-state index in [-0.39, 0.29) is 12.3 Å².